The molecule has 0 saturated carbocycles. The fourth-order valence-electron chi connectivity index (χ4n) is 0.744. The summed E-state index contributed by atoms with van der Waals surface area (Å²) < 4.78 is 5.34. The van der Waals surface area contributed by atoms with Gasteiger partial charge in [-0.3, -0.25) is 0 Å². The Labute approximate surface area is 67.0 Å². The summed E-state index contributed by atoms with van der Waals surface area (Å²) >= 11 is 0. The van der Waals surface area contributed by atoms with Gasteiger partial charge in [-0.15, -0.1) is 0 Å². The molecular formula is C9H13NO. The molecule has 11 heavy (non-hydrogen) atoms. The highest BCUT2D eigenvalue weighted by Gasteiger charge is 1.94. The second-order valence-corrected chi connectivity index (χ2v) is 2.60. The van der Waals surface area contributed by atoms with Gasteiger partial charge in [0.15, 0.2) is 0 Å². The van der Waals surface area contributed by atoms with Crippen LogP contribution in [-0.4, -0.2) is 12.6 Å². The molecule has 2 nitrogen and oxygen atoms in total. The summed E-state index contributed by atoms with van der Waals surface area (Å²) in [6, 6.07) is 9.77. The molecule has 2 heteroatoms. The summed E-state index contributed by atoms with van der Waals surface area (Å²) in [5, 5.41) is 0. The molecule has 0 aliphatic heterocycles. The quantitative estimate of drug-likeness (QED) is 0.709. The maximum absolute atomic E-state index is 5.52. The van der Waals surface area contributed by atoms with Gasteiger partial charge < -0.3 is 10.5 Å². The van der Waals surface area contributed by atoms with Crippen molar-refractivity contribution in [3.05, 3.63) is 30.3 Å². The first-order valence-corrected chi connectivity index (χ1v) is 3.72. The standard InChI is InChI=1S/C9H13NO/c1-8(10)7-11-9-5-3-2-4-6-9/h2-6,8H,7,10H2,1H3/t8-/m0/s1. The van der Waals surface area contributed by atoms with Gasteiger partial charge in [-0.1, -0.05) is 18.2 Å². The van der Waals surface area contributed by atoms with Gasteiger partial charge in [-0.2, -0.15) is 0 Å². The van der Waals surface area contributed by atoms with E-state index < -0.39 is 0 Å². The van der Waals surface area contributed by atoms with Crippen LogP contribution >= 0.6 is 0 Å². The number of hydrogen-bond acceptors (Lipinski definition) is 2. The van der Waals surface area contributed by atoms with Crippen molar-refractivity contribution in [1.82, 2.24) is 0 Å². The van der Waals surface area contributed by atoms with Gasteiger partial charge in [0.25, 0.3) is 0 Å². The minimum atomic E-state index is 0.0928. The van der Waals surface area contributed by atoms with Crippen molar-refractivity contribution in [2.75, 3.05) is 6.61 Å². The van der Waals surface area contributed by atoms with E-state index in [2.05, 4.69) is 0 Å². The van der Waals surface area contributed by atoms with Crippen LogP contribution in [0.5, 0.6) is 5.75 Å². The van der Waals surface area contributed by atoms with Crippen molar-refractivity contribution in [2.45, 2.75) is 13.0 Å². The van der Waals surface area contributed by atoms with E-state index >= 15 is 0 Å². The second-order valence-electron chi connectivity index (χ2n) is 2.60. The molecule has 0 aliphatic rings. The van der Waals surface area contributed by atoms with E-state index in [1.54, 1.807) is 0 Å². The Morgan fingerprint density at radius 2 is 2.00 bits per heavy atom. The molecule has 0 unspecified atom stereocenters. The van der Waals surface area contributed by atoms with E-state index in [-0.39, 0.29) is 6.04 Å². The fraction of sp³-hybridized carbons (Fsp3) is 0.333. The van der Waals surface area contributed by atoms with Gasteiger partial charge in [0.05, 0.1) is 0 Å². The summed E-state index contributed by atoms with van der Waals surface area (Å²) in [6.07, 6.45) is 0. The molecule has 0 spiro atoms. The summed E-state index contributed by atoms with van der Waals surface area (Å²) in [5.74, 6) is 0.879. The minimum Gasteiger partial charge on any atom is -0.492 e. The third-order valence-electron chi connectivity index (χ3n) is 1.26. The van der Waals surface area contributed by atoms with E-state index in [4.69, 9.17) is 10.5 Å². The van der Waals surface area contributed by atoms with Gasteiger partial charge in [-0.25, -0.2) is 0 Å². The predicted molar refractivity (Wildman–Crippen MR) is 45.6 cm³/mol. The molecule has 0 saturated heterocycles. The highest BCUT2D eigenvalue weighted by molar-refractivity contribution is 5.20. The fourth-order valence-corrected chi connectivity index (χ4v) is 0.744. The molecule has 1 atom stereocenters. The van der Waals surface area contributed by atoms with Gasteiger partial charge in [-0.05, 0) is 19.1 Å². The lowest BCUT2D eigenvalue weighted by molar-refractivity contribution is 0.296. The zero-order valence-electron chi connectivity index (χ0n) is 6.66. The lowest BCUT2D eigenvalue weighted by Crippen LogP contribution is -2.23. The molecule has 60 valence electrons. The highest BCUT2D eigenvalue weighted by Crippen LogP contribution is 2.07. The van der Waals surface area contributed by atoms with Crippen LogP contribution in [0.2, 0.25) is 0 Å². The monoisotopic (exact) mass is 151 g/mol. The molecule has 0 bridgehead atoms. The molecule has 0 heterocycles. The first kappa shape index (κ1) is 8.08. The van der Waals surface area contributed by atoms with Crippen LogP contribution in [0.3, 0.4) is 0 Å². The smallest absolute Gasteiger partial charge is 0.119 e. The summed E-state index contributed by atoms with van der Waals surface area (Å²) in [4.78, 5) is 0. The SMILES string of the molecule is C[C@H](N)COc1ccccc1. The Bertz CT molecular complexity index is 196. The minimum absolute atomic E-state index is 0.0928. The van der Waals surface area contributed by atoms with Crippen LogP contribution in [0.15, 0.2) is 30.3 Å². The summed E-state index contributed by atoms with van der Waals surface area (Å²) in [5.41, 5.74) is 5.52. The molecule has 2 N–H and O–H groups in total. The zero-order chi connectivity index (χ0) is 8.10. The van der Waals surface area contributed by atoms with Crippen LogP contribution in [-0.2, 0) is 0 Å². The van der Waals surface area contributed by atoms with Gasteiger partial charge in [0.2, 0.25) is 0 Å². The number of rotatable bonds is 3. The third kappa shape index (κ3) is 3.05. The molecule has 0 aliphatic carbocycles. The average molecular weight is 151 g/mol. The van der Waals surface area contributed by atoms with Crippen LogP contribution in [0.1, 0.15) is 6.92 Å². The normalized spacial score (nSPS) is 12.5. The number of hydrogen-bond donors (Lipinski definition) is 1. The van der Waals surface area contributed by atoms with E-state index in [1.807, 2.05) is 37.3 Å². The van der Waals surface area contributed by atoms with Crippen LogP contribution in [0.4, 0.5) is 0 Å². The number of nitrogens with two attached hydrogens (primary N) is 1. The number of para-hydroxylation sites is 1. The van der Waals surface area contributed by atoms with Crippen LogP contribution in [0.25, 0.3) is 0 Å². The molecule has 1 aromatic rings. The highest BCUT2D eigenvalue weighted by atomic mass is 16.5. The van der Waals surface area contributed by atoms with Crippen molar-refractivity contribution in [1.29, 1.82) is 0 Å². The number of benzene rings is 1. The number of ether oxygens (including phenoxy) is 1. The Morgan fingerprint density at radius 1 is 1.36 bits per heavy atom. The Balaban J connectivity index is 2.39. The van der Waals surface area contributed by atoms with Crippen molar-refractivity contribution < 1.29 is 4.74 Å². The largest absolute Gasteiger partial charge is 0.492 e. The van der Waals surface area contributed by atoms with E-state index in [1.165, 1.54) is 0 Å². The predicted octanol–water partition coefficient (Wildman–Crippen LogP) is 1.41. The maximum Gasteiger partial charge on any atom is 0.119 e. The van der Waals surface area contributed by atoms with Crippen LogP contribution < -0.4 is 10.5 Å². The summed E-state index contributed by atoms with van der Waals surface area (Å²) in [6.45, 7) is 2.49. The van der Waals surface area contributed by atoms with E-state index in [0.29, 0.717) is 6.61 Å². The van der Waals surface area contributed by atoms with E-state index in [9.17, 15) is 0 Å². The lowest BCUT2D eigenvalue weighted by Gasteiger charge is -2.07. The molecule has 1 rings (SSSR count). The topological polar surface area (TPSA) is 35.2 Å². The lowest BCUT2D eigenvalue weighted by atomic mass is 10.3. The van der Waals surface area contributed by atoms with Crippen LogP contribution in [0, 0.1) is 0 Å². The maximum atomic E-state index is 5.52. The molecule has 0 amide bonds. The van der Waals surface area contributed by atoms with Gasteiger partial charge >= 0.3 is 0 Å². The van der Waals surface area contributed by atoms with Gasteiger partial charge in [0.1, 0.15) is 12.4 Å². The molecule has 0 fully saturated rings. The molecular weight excluding hydrogens is 138 g/mol. The average Bonchev–Trinajstić information content (AvgIpc) is 2.03. The van der Waals surface area contributed by atoms with Crippen molar-refractivity contribution in [3.63, 3.8) is 0 Å². The molecule has 0 aromatic heterocycles. The third-order valence-corrected chi connectivity index (χ3v) is 1.26. The van der Waals surface area contributed by atoms with Crippen molar-refractivity contribution in [2.24, 2.45) is 5.73 Å². The van der Waals surface area contributed by atoms with Gasteiger partial charge in [0, 0.05) is 6.04 Å². The Hall–Kier alpha value is -1.02. The second kappa shape index (κ2) is 3.98. The molecule has 0 radical (unpaired) electrons. The first-order chi connectivity index (χ1) is 5.29. The van der Waals surface area contributed by atoms with E-state index in [0.717, 1.165) is 5.75 Å². The Kier molecular flexibility index (Phi) is 2.93. The zero-order valence-corrected chi connectivity index (χ0v) is 6.66. The first-order valence-electron chi connectivity index (χ1n) is 3.72. The van der Waals surface area contributed by atoms with Crippen molar-refractivity contribution in [3.8, 4) is 5.75 Å². The molecule has 1 aromatic carbocycles. The Morgan fingerprint density at radius 3 is 2.55 bits per heavy atom. The summed E-state index contributed by atoms with van der Waals surface area (Å²) in [7, 11) is 0. The van der Waals surface area contributed by atoms with Crippen molar-refractivity contribution >= 4 is 0 Å².